The van der Waals surface area contributed by atoms with Crippen molar-refractivity contribution in [2.75, 3.05) is 20.1 Å². The molecule has 0 unspecified atom stereocenters. The third kappa shape index (κ3) is 5.84. The third-order valence-corrected chi connectivity index (χ3v) is 4.01. The molecule has 0 saturated heterocycles. The van der Waals surface area contributed by atoms with E-state index in [2.05, 4.69) is 31.0 Å². The lowest BCUT2D eigenvalue weighted by atomic mass is 10.0. The molecule has 23 heavy (non-hydrogen) atoms. The fourth-order valence-electron chi connectivity index (χ4n) is 2.38. The van der Waals surface area contributed by atoms with Crippen molar-refractivity contribution in [2.24, 2.45) is 0 Å². The fraction of sp³-hybridized carbons (Fsp3) is 0.286. The van der Waals surface area contributed by atoms with Gasteiger partial charge in [0.15, 0.2) is 5.78 Å². The van der Waals surface area contributed by atoms with Crippen LogP contribution in [0, 0.1) is 0 Å². The molecule has 0 aliphatic carbocycles. The van der Waals surface area contributed by atoms with Crippen LogP contribution in [-0.4, -0.2) is 30.8 Å². The lowest BCUT2D eigenvalue weighted by molar-refractivity contribution is 0.104. The van der Waals surface area contributed by atoms with Crippen molar-refractivity contribution in [2.45, 2.75) is 19.8 Å². The molecule has 0 amide bonds. The normalized spacial score (nSPS) is 11.3. The zero-order chi connectivity index (χ0) is 16.5. The zero-order valence-electron chi connectivity index (χ0n) is 14.0. The van der Waals surface area contributed by atoms with E-state index < -0.39 is 0 Å². The second-order valence-corrected chi connectivity index (χ2v) is 5.80. The topological polar surface area (TPSA) is 20.3 Å². The summed E-state index contributed by atoms with van der Waals surface area (Å²) in [6, 6.07) is 17.9. The lowest BCUT2D eigenvalue weighted by Gasteiger charge is -2.13. The Bertz CT molecular complexity index is 629. The van der Waals surface area contributed by atoms with Gasteiger partial charge < -0.3 is 4.90 Å². The van der Waals surface area contributed by atoms with E-state index in [9.17, 15) is 4.79 Å². The van der Waals surface area contributed by atoms with Crippen molar-refractivity contribution >= 4 is 11.9 Å². The number of carbonyl (C=O) groups excluding carboxylic acids is 1. The first-order valence-corrected chi connectivity index (χ1v) is 8.24. The molecular formula is C21H25NO. The van der Waals surface area contributed by atoms with Gasteiger partial charge in [0.1, 0.15) is 0 Å². The van der Waals surface area contributed by atoms with Crippen molar-refractivity contribution in [3.05, 3.63) is 77.4 Å². The number of benzene rings is 2. The Kier molecular flexibility index (Phi) is 6.76. The molecule has 0 aromatic heterocycles. The highest BCUT2D eigenvalue weighted by Crippen LogP contribution is 2.10. The quantitative estimate of drug-likeness (QED) is 0.530. The highest BCUT2D eigenvalue weighted by molar-refractivity contribution is 6.06. The number of nitrogens with zero attached hydrogens (tertiary/aromatic N) is 1. The van der Waals surface area contributed by atoms with Crippen LogP contribution in [0.1, 0.15) is 34.8 Å². The summed E-state index contributed by atoms with van der Waals surface area (Å²) in [7, 11) is 2.14. The third-order valence-electron chi connectivity index (χ3n) is 4.01. The van der Waals surface area contributed by atoms with Crippen LogP contribution in [0.15, 0.2) is 60.7 Å². The van der Waals surface area contributed by atoms with Crippen LogP contribution in [0.25, 0.3) is 6.08 Å². The fourth-order valence-corrected chi connectivity index (χ4v) is 2.38. The minimum absolute atomic E-state index is 0.0473. The molecular weight excluding hydrogens is 282 g/mol. The van der Waals surface area contributed by atoms with Gasteiger partial charge in [-0.05, 0) is 50.2 Å². The Balaban J connectivity index is 1.88. The summed E-state index contributed by atoms with van der Waals surface area (Å²) in [5.41, 5.74) is 3.07. The van der Waals surface area contributed by atoms with Crippen LogP contribution in [0.2, 0.25) is 0 Å². The van der Waals surface area contributed by atoms with Gasteiger partial charge in [0.05, 0.1) is 0 Å². The van der Waals surface area contributed by atoms with E-state index in [-0.39, 0.29) is 5.78 Å². The standard InChI is InChI=1S/C21H25NO/c1-3-22(2)17-7-10-19-11-14-20(15-12-19)21(23)16-13-18-8-5-4-6-9-18/h4-6,8-9,11-16H,3,7,10,17H2,1-2H3/b16-13+. The second-order valence-electron chi connectivity index (χ2n) is 5.80. The zero-order valence-corrected chi connectivity index (χ0v) is 14.0. The van der Waals surface area contributed by atoms with E-state index in [0.29, 0.717) is 0 Å². The van der Waals surface area contributed by atoms with E-state index in [4.69, 9.17) is 0 Å². The van der Waals surface area contributed by atoms with Crippen molar-refractivity contribution in [1.29, 1.82) is 0 Å². The minimum atomic E-state index is 0.0473. The number of carbonyl (C=O) groups is 1. The summed E-state index contributed by atoms with van der Waals surface area (Å²) in [5, 5.41) is 0. The van der Waals surface area contributed by atoms with Gasteiger partial charge in [-0.15, -0.1) is 0 Å². The molecule has 0 N–H and O–H groups in total. The van der Waals surface area contributed by atoms with Gasteiger partial charge in [0.2, 0.25) is 0 Å². The van der Waals surface area contributed by atoms with E-state index in [1.54, 1.807) is 6.08 Å². The smallest absolute Gasteiger partial charge is 0.185 e. The van der Waals surface area contributed by atoms with Gasteiger partial charge in [-0.2, -0.15) is 0 Å². The number of hydrogen-bond acceptors (Lipinski definition) is 2. The lowest BCUT2D eigenvalue weighted by Crippen LogP contribution is -2.19. The van der Waals surface area contributed by atoms with Crippen molar-refractivity contribution in [3.63, 3.8) is 0 Å². The van der Waals surface area contributed by atoms with Crippen LogP contribution in [0.4, 0.5) is 0 Å². The molecule has 0 heterocycles. The average molecular weight is 307 g/mol. The van der Waals surface area contributed by atoms with E-state index in [1.807, 2.05) is 48.5 Å². The number of aryl methyl sites for hydroxylation is 1. The van der Waals surface area contributed by atoms with Crippen molar-refractivity contribution in [1.82, 2.24) is 4.90 Å². The van der Waals surface area contributed by atoms with Crippen molar-refractivity contribution in [3.8, 4) is 0 Å². The SMILES string of the molecule is CCN(C)CCCc1ccc(C(=O)/C=C/c2ccccc2)cc1. The monoisotopic (exact) mass is 307 g/mol. The van der Waals surface area contributed by atoms with Gasteiger partial charge in [-0.25, -0.2) is 0 Å². The van der Waals surface area contributed by atoms with Gasteiger partial charge in [0.25, 0.3) is 0 Å². The molecule has 2 nitrogen and oxygen atoms in total. The first kappa shape index (κ1) is 17.2. The molecule has 0 aliphatic rings. The number of hydrogen-bond donors (Lipinski definition) is 0. The van der Waals surface area contributed by atoms with E-state index in [0.717, 1.165) is 37.1 Å². The van der Waals surface area contributed by atoms with Gasteiger partial charge in [0, 0.05) is 5.56 Å². The molecule has 0 saturated carbocycles. The summed E-state index contributed by atoms with van der Waals surface area (Å²) in [4.78, 5) is 14.5. The Morgan fingerprint density at radius 2 is 1.74 bits per heavy atom. The molecule has 120 valence electrons. The largest absolute Gasteiger partial charge is 0.307 e. The maximum atomic E-state index is 12.2. The van der Waals surface area contributed by atoms with Crippen LogP contribution >= 0.6 is 0 Å². The Morgan fingerprint density at radius 1 is 1.04 bits per heavy atom. The summed E-state index contributed by atoms with van der Waals surface area (Å²) in [6.07, 6.45) is 5.70. The van der Waals surface area contributed by atoms with Crippen molar-refractivity contribution < 1.29 is 4.79 Å². The van der Waals surface area contributed by atoms with Gasteiger partial charge in [-0.1, -0.05) is 67.6 Å². The average Bonchev–Trinajstić information content (AvgIpc) is 2.61. The number of allylic oxidation sites excluding steroid dienone is 1. The predicted molar refractivity (Wildman–Crippen MR) is 97.7 cm³/mol. The summed E-state index contributed by atoms with van der Waals surface area (Å²) in [5.74, 6) is 0.0473. The molecule has 0 aliphatic heterocycles. The molecule has 2 aromatic rings. The Labute approximate surface area is 139 Å². The second kappa shape index (κ2) is 9.06. The molecule has 2 rings (SSSR count). The first-order chi connectivity index (χ1) is 11.2. The van der Waals surface area contributed by atoms with Gasteiger partial charge >= 0.3 is 0 Å². The predicted octanol–water partition coefficient (Wildman–Crippen LogP) is 4.47. The molecule has 2 heteroatoms. The summed E-state index contributed by atoms with van der Waals surface area (Å²) in [6.45, 7) is 4.36. The van der Waals surface area contributed by atoms with Crippen LogP contribution in [0.5, 0.6) is 0 Å². The Morgan fingerprint density at radius 3 is 2.39 bits per heavy atom. The van der Waals surface area contributed by atoms with E-state index >= 15 is 0 Å². The molecule has 0 spiro atoms. The van der Waals surface area contributed by atoms with Crippen LogP contribution in [-0.2, 0) is 6.42 Å². The summed E-state index contributed by atoms with van der Waals surface area (Å²) < 4.78 is 0. The van der Waals surface area contributed by atoms with Gasteiger partial charge in [-0.3, -0.25) is 4.79 Å². The molecule has 2 aromatic carbocycles. The Hall–Kier alpha value is -2.19. The highest BCUT2D eigenvalue weighted by atomic mass is 16.1. The highest BCUT2D eigenvalue weighted by Gasteiger charge is 2.02. The molecule has 0 atom stereocenters. The maximum absolute atomic E-state index is 12.2. The summed E-state index contributed by atoms with van der Waals surface area (Å²) >= 11 is 0. The molecule has 0 radical (unpaired) electrons. The minimum Gasteiger partial charge on any atom is -0.307 e. The van der Waals surface area contributed by atoms with Crippen LogP contribution in [0.3, 0.4) is 0 Å². The number of ketones is 1. The van der Waals surface area contributed by atoms with Crippen LogP contribution < -0.4 is 0 Å². The van der Waals surface area contributed by atoms with E-state index in [1.165, 1.54) is 5.56 Å². The molecule has 0 fully saturated rings. The number of rotatable bonds is 8. The maximum Gasteiger partial charge on any atom is 0.185 e. The molecule has 0 bridgehead atoms. The first-order valence-electron chi connectivity index (χ1n) is 8.24.